The maximum absolute atomic E-state index is 12.3. The normalized spacial score (nSPS) is 12.9. The molecule has 1 aliphatic rings. The third kappa shape index (κ3) is 5.18. The molecule has 0 unspecified atom stereocenters. The van der Waals surface area contributed by atoms with Gasteiger partial charge in [0.1, 0.15) is 0 Å². The average molecular weight is 593 g/mol. The van der Waals surface area contributed by atoms with Gasteiger partial charge in [-0.1, -0.05) is 144 Å². The van der Waals surface area contributed by atoms with Gasteiger partial charge in [0.15, 0.2) is 0 Å². The van der Waals surface area contributed by atoms with Gasteiger partial charge in [-0.15, -0.1) is 0 Å². The molecule has 2 nitrogen and oxygen atoms in total. The molecule has 6 aromatic carbocycles. The first-order chi connectivity index (χ1) is 21.2. The Morgan fingerprint density at radius 1 is 0.386 bits per heavy atom. The summed E-state index contributed by atoms with van der Waals surface area (Å²) in [6.07, 6.45) is 0. The summed E-state index contributed by atoms with van der Waals surface area (Å²) in [5.41, 5.74) is 12.5. The first kappa shape index (κ1) is 29.3. The molecule has 3 heteroatoms. The third-order valence-electron chi connectivity index (χ3n) is 8.58. The van der Waals surface area contributed by atoms with Crippen LogP contribution in [0.5, 0.6) is 0 Å². The number of fused-ring (bicyclic) bond motifs is 3. The highest BCUT2D eigenvalue weighted by atomic mass is 32.2. The van der Waals surface area contributed by atoms with Gasteiger partial charge in [0, 0.05) is 0 Å². The molecule has 0 saturated heterocycles. The summed E-state index contributed by atoms with van der Waals surface area (Å²) >= 11 is 0. The van der Waals surface area contributed by atoms with Crippen molar-refractivity contribution in [2.45, 2.75) is 42.9 Å². The molecule has 218 valence electrons. The van der Waals surface area contributed by atoms with Gasteiger partial charge in [-0.05, 0) is 85.3 Å². The van der Waals surface area contributed by atoms with Crippen LogP contribution in [0.3, 0.4) is 0 Å². The number of hydrogen-bond donors (Lipinski definition) is 0. The van der Waals surface area contributed by atoms with E-state index in [-0.39, 0.29) is 5.41 Å². The quantitative estimate of drug-likeness (QED) is 0.204. The van der Waals surface area contributed by atoms with E-state index in [9.17, 15) is 8.42 Å². The van der Waals surface area contributed by atoms with E-state index in [1.54, 1.807) is 48.5 Å². The molecule has 0 aliphatic heterocycles. The molecular weight excluding hydrogens is 557 g/mol. The molecule has 0 radical (unpaired) electrons. The van der Waals surface area contributed by atoms with Gasteiger partial charge >= 0.3 is 0 Å². The summed E-state index contributed by atoms with van der Waals surface area (Å²) in [7, 11) is -3.37. The summed E-state index contributed by atoms with van der Waals surface area (Å²) in [4.78, 5) is 0.680. The number of hydrogen-bond acceptors (Lipinski definition) is 2. The molecule has 0 amide bonds. The predicted octanol–water partition coefficient (Wildman–Crippen LogP) is 9.80. The van der Waals surface area contributed by atoms with Gasteiger partial charge in [-0.2, -0.15) is 0 Å². The maximum atomic E-state index is 12.3. The van der Waals surface area contributed by atoms with Crippen LogP contribution in [-0.4, -0.2) is 8.42 Å². The van der Waals surface area contributed by atoms with E-state index in [1.165, 1.54) is 44.5 Å². The number of rotatable bonds is 4. The summed E-state index contributed by atoms with van der Waals surface area (Å²) in [6, 6.07) is 49.7. The predicted molar refractivity (Wildman–Crippen MR) is 181 cm³/mol. The van der Waals surface area contributed by atoms with Crippen molar-refractivity contribution in [3.63, 3.8) is 0 Å². The lowest BCUT2D eigenvalue weighted by Crippen LogP contribution is -2.28. The van der Waals surface area contributed by atoms with Crippen molar-refractivity contribution in [1.29, 1.82) is 0 Å². The minimum Gasteiger partial charge on any atom is -0.219 e. The van der Waals surface area contributed by atoms with Gasteiger partial charge in [-0.25, -0.2) is 8.42 Å². The van der Waals surface area contributed by atoms with Crippen molar-refractivity contribution in [2.75, 3.05) is 0 Å². The van der Waals surface area contributed by atoms with Crippen LogP contribution in [0.2, 0.25) is 0 Å². The Morgan fingerprint density at radius 2 is 0.682 bits per heavy atom. The second-order valence-corrected chi connectivity index (χ2v) is 13.7. The molecular formula is C41H36O2S. The minimum atomic E-state index is -3.37. The van der Waals surface area contributed by atoms with Crippen molar-refractivity contribution in [1.82, 2.24) is 0 Å². The van der Waals surface area contributed by atoms with Crippen molar-refractivity contribution < 1.29 is 8.42 Å². The van der Waals surface area contributed by atoms with Crippen molar-refractivity contribution in [3.8, 4) is 11.1 Å². The molecule has 7 rings (SSSR count). The third-order valence-corrected chi connectivity index (χ3v) is 10.4. The van der Waals surface area contributed by atoms with Crippen LogP contribution >= 0.6 is 0 Å². The lowest BCUT2D eigenvalue weighted by molar-refractivity contribution is 0.596. The Hall–Kier alpha value is -4.73. The highest BCUT2D eigenvalue weighted by Crippen LogP contribution is 2.55. The standard InChI is InChI=1S/C27H22.C14H14O2S/c1-19-11-15-21(16-12-19)27(22-17-13-20(2)14-18-22)25-9-5-3-7-23(25)24-8-4-6-10-26(24)27;1-11-3-7-13(8-4-11)17(15,16)14-9-5-12(2)6-10-14/h3-18H,1-2H3;3-10H,1-2H3. The summed E-state index contributed by atoms with van der Waals surface area (Å²) in [6.45, 7) is 8.17. The molecule has 0 saturated carbocycles. The van der Waals surface area contributed by atoms with E-state index < -0.39 is 9.84 Å². The summed E-state index contributed by atoms with van der Waals surface area (Å²) < 4.78 is 24.5. The lowest BCUT2D eigenvalue weighted by atomic mass is 9.67. The molecule has 44 heavy (non-hydrogen) atoms. The summed E-state index contributed by atoms with van der Waals surface area (Å²) in [5, 5.41) is 0. The van der Waals surface area contributed by atoms with E-state index >= 15 is 0 Å². The molecule has 0 atom stereocenters. The van der Waals surface area contributed by atoms with Crippen molar-refractivity contribution in [2.24, 2.45) is 0 Å². The fourth-order valence-electron chi connectivity index (χ4n) is 6.20. The average Bonchev–Trinajstić information content (AvgIpc) is 3.34. The SMILES string of the molecule is Cc1ccc(C2(c3ccc(C)cc3)c3ccccc3-c3ccccc32)cc1.Cc1ccc(S(=O)(=O)c2ccc(C)cc2)cc1. The zero-order chi connectivity index (χ0) is 30.9. The van der Waals surface area contributed by atoms with Gasteiger partial charge in [-0.3, -0.25) is 0 Å². The number of benzene rings is 6. The van der Waals surface area contributed by atoms with E-state index in [0.717, 1.165) is 11.1 Å². The zero-order valence-corrected chi connectivity index (χ0v) is 26.4. The second-order valence-electron chi connectivity index (χ2n) is 11.7. The Balaban J connectivity index is 0.000000174. The Morgan fingerprint density at radius 3 is 1.02 bits per heavy atom. The largest absolute Gasteiger partial charge is 0.219 e. The molecule has 0 heterocycles. The van der Waals surface area contributed by atoms with Gasteiger partial charge in [0.25, 0.3) is 0 Å². The van der Waals surface area contributed by atoms with E-state index in [4.69, 9.17) is 0 Å². The number of sulfone groups is 1. The van der Waals surface area contributed by atoms with Gasteiger partial charge in [0.05, 0.1) is 15.2 Å². The van der Waals surface area contributed by atoms with Crippen LogP contribution in [0.25, 0.3) is 11.1 Å². The molecule has 0 N–H and O–H groups in total. The van der Waals surface area contributed by atoms with Crippen LogP contribution in [0.1, 0.15) is 44.5 Å². The maximum Gasteiger partial charge on any atom is 0.206 e. The van der Waals surface area contributed by atoms with Gasteiger partial charge in [0.2, 0.25) is 9.84 Å². The van der Waals surface area contributed by atoms with Crippen LogP contribution in [-0.2, 0) is 15.3 Å². The number of aryl methyl sites for hydroxylation is 4. The van der Waals surface area contributed by atoms with E-state index in [0.29, 0.717) is 9.79 Å². The Labute approximate surface area is 261 Å². The lowest BCUT2D eigenvalue weighted by Gasteiger charge is -2.34. The first-order valence-electron chi connectivity index (χ1n) is 14.9. The van der Waals surface area contributed by atoms with Gasteiger partial charge < -0.3 is 0 Å². The smallest absolute Gasteiger partial charge is 0.206 e. The van der Waals surface area contributed by atoms with E-state index in [2.05, 4.69) is 111 Å². The molecule has 0 aromatic heterocycles. The second kappa shape index (κ2) is 11.7. The van der Waals surface area contributed by atoms with Crippen LogP contribution < -0.4 is 0 Å². The topological polar surface area (TPSA) is 34.1 Å². The van der Waals surface area contributed by atoms with Crippen LogP contribution in [0.4, 0.5) is 0 Å². The fourth-order valence-corrected chi connectivity index (χ4v) is 7.46. The molecule has 0 bridgehead atoms. The molecule has 0 spiro atoms. The highest BCUT2D eigenvalue weighted by molar-refractivity contribution is 7.91. The van der Waals surface area contributed by atoms with E-state index in [1.807, 2.05) is 13.8 Å². The Kier molecular flexibility index (Phi) is 7.84. The van der Waals surface area contributed by atoms with Crippen LogP contribution in [0, 0.1) is 27.7 Å². The monoisotopic (exact) mass is 592 g/mol. The zero-order valence-electron chi connectivity index (χ0n) is 25.6. The molecule has 6 aromatic rings. The summed E-state index contributed by atoms with van der Waals surface area (Å²) in [5.74, 6) is 0. The Bertz CT molecular complexity index is 1880. The van der Waals surface area contributed by atoms with Crippen LogP contribution in [0.15, 0.2) is 155 Å². The minimum absolute atomic E-state index is 0.269. The van der Waals surface area contributed by atoms with Crippen molar-refractivity contribution >= 4 is 9.84 Å². The highest BCUT2D eigenvalue weighted by Gasteiger charge is 2.45. The fraction of sp³-hybridized carbons (Fsp3) is 0.122. The first-order valence-corrected chi connectivity index (χ1v) is 16.4. The van der Waals surface area contributed by atoms with Crippen molar-refractivity contribution in [3.05, 3.63) is 190 Å². The molecule has 1 aliphatic carbocycles. The molecule has 0 fully saturated rings.